The minimum atomic E-state index is -0.836. The molecule has 0 amide bonds. The molecule has 0 unspecified atom stereocenters. The van der Waals surface area contributed by atoms with Gasteiger partial charge < -0.3 is 15.9 Å². The molecule has 142 valence electrons. The van der Waals surface area contributed by atoms with E-state index in [1.807, 2.05) is 0 Å². The van der Waals surface area contributed by atoms with E-state index in [0.717, 1.165) is 0 Å². The van der Waals surface area contributed by atoms with Gasteiger partial charge >= 0.3 is 41.5 Å². The van der Waals surface area contributed by atoms with Crippen LogP contribution in [0.2, 0.25) is 0 Å². The summed E-state index contributed by atoms with van der Waals surface area (Å²) in [5.74, 6) is -1.58. The number of unbranched alkanes of at least 4 members (excludes halogenated alkanes) is 9. The van der Waals surface area contributed by atoms with Crippen LogP contribution in [0.4, 0.5) is 0 Å². The fraction of sp³-hybridized carbons (Fsp3) is 0.889. The molecule has 0 saturated heterocycles. The van der Waals surface area contributed by atoms with Crippen LogP contribution in [-0.2, 0) is 9.59 Å². The van der Waals surface area contributed by atoms with Gasteiger partial charge in [-0.2, -0.15) is 0 Å². The first-order chi connectivity index (χ1) is 11.0. The standard InChI is InChI=1S/C12H26.C3H7NO2.C3H6O2.Na.H/c1-3-5-7-9-11-12-10-8-6-4-2;4-2-1-3(5)6;1-2-3(4)5;;/h3-12H2,1-2H3;1-2,4H2,(H,5,6);2H2,1H3,(H,4,5);;. The molecule has 0 aliphatic rings. The molecule has 0 aromatic rings. The fourth-order valence-corrected chi connectivity index (χ4v) is 1.68. The quantitative estimate of drug-likeness (QED) is 0.359. The van der Waals surface area contributed by atoms with Crippen molar-refractivity contribution in [3.8, 4) is 0 Å². The maximum atomic E-state index is 9.52. The molecule has 0 radical (unpaired) electrons. The van der Waals surface area contributed by atoms with Crippen molar-refractivity contribution in [2.75, 3.05) is 6.54 Å². The molecule has 0 aliphatic heterocycles. The molecule has 0 bridgehead atoms. The molecule has 0 heterocycles. The zero-order chi connectivity index (χ0) is 18.3. The van der Waals surface area contributed by atoms with Crippen LogP contribution in [0.25, 0.3) is 0 Å². The van der Waals surface area contributed by atoms with Crippen LogP contribution in [0, 0.1) is 0 Å². The molecular formula is C18H40NNaO4. The summed E-state index contributed by atoms with van der Waals surface area (Å²) in [7, 11) is 0. The van der Waals surface area contributed by atoms with Crippen molar-refractivity contribution < 1.29 is 19.8 Å². The van der Waals surface area contributed by atoms with Gasteiger partial charge in [-0.25, -0.2) is 0 Å². The summed E-state index contributed by atoms with van der Waals surface area (Å²) in [4.78, 5) is 18.9. The molecule has 0 saturated carbocycles. The van der Waals surface area contributed by atoms with Gasteiger partial charge in [0.2, 0.25) is 0 Å². The Bertz CT molecular complexity index is 241. The predicted molar refractivity (Wildman–Crippen MR) is 104 cm³/mol. The Morgan fingerprint density at radius 2 is 1.00 bits per heavy atom. The van der Waals surface area contributed by atoms with E-state index in [2.05, 4.69) is 13.8 Å². The van der Waals surface area contributed by atoms with Gasteiger partial charge in [0.05, 0.1) is 6.42 Å². The predicted octanol–water partition coefficient (Wildman–Crippen LogP) is 4.18. The Morgan fingerprint density at radius 3 is 1.12 bits per heavy atom. The van der Waals surface area contributed by atoms with Crippen molar-refractivity contribution in [3.05, 3.63) is 0 Å². The van der Waals surface area contributed by atoms with E-state index in [-0.39, 0.29) is 48.9 Å². The van der Waals surface area contributed by atoms with Crippen LogP contribution in [0.1, 0.15) is 97.8 Å². The van der Waals surface area contributed by atoms with Gasteiger partial charge in [-0.05, 0) is 0 Å². The third-order valence-corrected chi connectivity index (χ3v) is 3.12. The van der Waals surface area contributed by atoms with E-state index in [4.69, 9.17) is 15.9 Å². The van der Waals surface area contributed by atoms with Crippen LogP contribution in [0.5, 0.6) is 0 Å². The molecule has 0 rings (SSSR count). The van der Waals surface area contributed by atoms with Gasteiger partial charge in [0.15, 0.2) is 0 Å². The van der Waals surface area contributed by atoms with Gasteiger partial charge in [0, 0.05) is 13.0 Å². The second-order valence-electron chi connectivity index (χ2n) is 5.51. The van der Waals surface area contributed by atoms with Crippen LogP contribution in [0.3, 0.4) is 0 Å². The number of hydrogen-bond acceptors (Lipinski definition) is 3. The summed E-state index contributed by atoms with van der Waals surface area (Å²) in [5.41, 5.74) is 4.85. The van der Waals surface area contributed by atoms with E-state index in [1.165, 1.54) is 64.2 Å². The van der Waals surface area contributed by atoms with Crippen LogP contribution < -0.4 is 5.73 Å². The third kappa shape index (κ3) is 49.5. The second-order valence-corrected chi connectivity index (χ2v) is 5.51. The van der Waals surface area contributed by atoms with Gasteiger partial charge in [0.1, 0.15) is 0 Å². The number of rotatable bonds is 12. The molecular weight excluding hydrogens is 317 g/mol. The van der Waals surface area contributed by atoms with E-state index in [1.54, 1.807) is 6.92 Å². The average Bonchev–Trinajstić information content (AvgIpc) is 2.51. The molecule has 5 nitrogen and oxygen atoms in total. The van der Waals surface area contributed by atoms with Crippen LogP contribution in [0.15, 0.2) is 0 Å². The SMILES string of the molecule is CCC(=O)O.CCCCCCCCCCCC.NCCC(=O)O.[NaH]. The monoisotopic (exact) mass is 357 g/mol. The Kier molecular flexibility index (Phi) is 40.5. The number of hydrogen-bond donors (Lipinski definition) is 3. The van der Waals surface area contributed by atoms with Crippen LogP contribution in [-0.4, -0.2) is 58.3 Å². The first kappa shape index (κ1) is 31.6. The van der Waals surface area contributed by atoms with E-state index >= 15 is 0 Å². The zero-order valence-electron chi connectivity index (χ0n) is 15.5. The fourth-order valence-electron chi connectivity index (χ4n) is 1.68. The molecule has 0 aliphatic carbocycles. The molecule has 4 N–H and O–H groups in total. The third-order valence-electron chi connectivity index (χ3n) is 3.12. The van der Waals surface area contributed by atoms with Gasteiger partial charge in [-0.3, -0.25) is 9.59 Å². The molecule has 0 spiro atoms. The second kappa shape index (κ2) is 30.7. The summed E-state index contributed by atoms with van der Waals surface area (Å²) in [6.45, 7) is 6.39. The summed E-state index contributed by atoms with van der Waals surface area (Å²) >= 11 is 0. The van der Waals surface area contributed by atoms with Crippen LogP contribution >= 0.6 is 0 Å². The summed E-state index contributed by atoms with van der Waals surface area (Å²) in [6.07, 6.45) is 14.7. The van der Waals surface area contributed by atoms with Crippen molar-refractivity contribution in [2.24, 2.45) is 5.73 Å². The average molecular weight is 358 g/mol. The molecule has 0 aromatic carbocycles. The Hall–Kier alpha value is -0.100. The van der Waals surface area contributed by atoms with E-state index < -0.39 is 11.9 Å². The van der Waals surface area contributed by atoms with Crippen molar-refractivity contribution in [3.63, 3.8) is 0 Å². The first-order valence-corrected chi connectivity index (χ1v) is 9.09. The minimum absolute atomic E-state index is 0. The molecule has 0 aromatic heterocycles. The summed E-state index contributed by atoms with van der Waals surface area (Å²) in [6, 6.07) is 0. The summed E-state index contributed by atoms with van der Waals surface area (Å²) in [5, 5.41) is 15.6. The van der Waals surface area contributed by atoms with Gasteiger partial charge in [-0.15, -0.1) is 0 Å². The molecule has 6 heteroatoms. The Labute approximate surface area is 171 Å². The Morgan fingerprint density at radius 1 is 0.708 bits per heavy atom. The number of carboxylic acids is 2. The van der Waals surface area contributed by atoms with Crippen molar-refractivity contribution in [2.45, 2.75) is 97.8 Å². The normalized spacial score (nSPS) is 8.83. The van der Waals surface area contributed by atoms with E-state index in [0.29, 0.717) is 0 Å². The molecule has 0 atom stereocenters. The Balaban J connectivity index is -0.000000140. The van der Waals surface area contributed by atoms with Crippen molar-refractivity contribution >= 4 is 41.5 Å². The van der Waals surface area contributed by atoms with E-state index in [9.17, 15) is 9.59 Å². The van der Waals surface area contributed by atoms with Crippen molar-refractivity contribution in [1.29, 1.82) is 0 Å². The van der Waals surface area contributed by atoms with Crippen molar-refractivity contribution in [1.82, 2.24) is 0 Å². The number of carboxylic acid groups (broad SMARTS) is 2. The number of aliphatic carboxylic acids is 2. The summed E-state index contributed by atoms with van der Waals surface area (Å²) < 4.78 is 0. The topological polar surface area (TPSA) is 101 Å². The van der Waals surface area contributed by atoms with Gasteiger partial charge in [-0.1, -0.05) is 85.0 Å². The first-order valence-electron chi connectivity index (χ1n) is 9.09. The zero-order valence-corrected chi connectivity index (χ0v) is 15.5. The van der Waals surface area contributed by atoms with Gasteiger partial charge in [0.25, 0.3) is 0 Å². The molecule has 0 fully saturated rings. The number of carbonyl (C=O) groups is 2. The number of nitrogens with two attached hydrogens (primary N) is 1. The molecule has 24 heavy (non-hydrogen) atoms. The maximum absolute atomic E-state index is 9.52.